The molecular formula is C13H17N3O6S. The molecule has 0 spiro atoms. The first kappa shape index (κ1) is 18.6. The fourth-order valence-corrected chi connectivity index (χ4v) is 2.83. The molecule has 0 fully saturated rings. The lowest BCUT2D eigenvalue weighted by molar-refractivity contribution is -0.387. The normalized spacial score (nSPS) is 10.8. The van der Waals surface area contributed by atoms with Crippen molar-refractivity contribution in [2.45, 2.75) is 11.3 Å². The van der Waals surface area contributed by atoms with Crippen LogP contribution in [0.5, 0.6) is 0 Å². The summed E-state index contributed by atoms with van der Waals surface area (Å²) < 4.78 is 31.0. The SMILES string of the molecule is C=CCOC(=O)NCCCNS(=O)(=O)c1ccccc1[N+](=O)[O-]. The molecule has 126 valence electrons. The molecule has 0 saturated carbocycles. The Morgan fingerprint density at radius 2 is 2.04 bits per heavy atom. The third kappa shape index (κ3) is 6.04. The number of nitro groups is 1. The third-order valence-electron chi connectivity index (χ3n) is 2.60. The molecule has 1 rings (SSSR count). The number of hydrogen-bond acceptors (Lipinski definition) is 6. The summed E-state index contributed by atoms with van der Waals surface area (Å²) in [7, 11) is -4.00. The van der Waals surface area contributed by atoms with Gasteiger partial charge < -0.3 is 10.1 Å². The van der Waals surface area contributed by atoms with E-state index in [4.69, 9.17) is 0 Å². The van der Waals surface area contributed by atoms with E-state index in [0.717, 1.165) is 12.1 Å². The fourth-order valence-electron chi connectivity index (χ4n) is 1.58. The first-order chi connectivity index (χ1) is 10.9. The number of para-hydroxylation sites is 1. The van der Waals surface area contributed by atoms with Crippen LogP contribution >= 0.6 is 0 Å². The zero-order chi connectivity index (χ0) is 17.3. The van der Waals surface area contributed by atoms with Crippen molar-refractivity contribution >= 4 is 21.8 Å². The number of carbonyl (C=O) groups excluding carboxylic acids is 1. The Labute approximate surface area is 133 Å². The quantitative estimate of drug-likeness (QED) is 0.300. The van der Waals surface area contributed by atoms with Crippen molar-refractivity contribution in [1.82, 2.24) is 10.0 Å². The van der Waals surface area contributed by atoms with Gasteiger partial charge in [0.1, 0.15) is 6.61 Å². The summed E-state index contributed by atoms with van der Waals surface area (Å²) in [5, 5.41) is 13.3. The predicted molar refractivity (Wildman–Crippen MR) is 82.4 cm³/mol. The molecule has 1 aromatic rings. The molecular weight excluding hydrogens is 326 g/mol. The van der Waals surface area contributed by atoms with Crippen molar-refractivity contribution in [1.29, 1.82) is 0 Å². The molecule has 0 aromatic heterocycles. The van der Waals surface area contributed by atoms with Gasteiger partial charge in [0.05, 0.1) is 4.92 Å². The summed E-state index contributed by atoms with van der Waals surface area (Å²) in [6.07, 6.45) is 1.08. The van der Waals surface area contributed by atoms with Gasteiger partial charge in [0.25, 0.3) is 5.69 Å². The van der Waals surface area contributed by atoms with Gasteiger partial charge >= 0.3 is 6.09 Å². The highest BCUT2D eigenvalue weighted by atomic mass is 32.2. The molecule has 23 heavy (non-hydrogen) atoms. The summed E-state index contributed by atoms with van der Waals surface area (Å²) in [4.78, 5) is 20.8. The Morgan fingerprint density at radius 1 is 1.35 bits per heavy atom. The van der Waals surface area contributed by atoms with Crippen LogP contribution in [0.2, 0.25) is 0 Å². The van der Waals surface area contributed by atoms with Crippen molar-refractivity contribution < 1.29 is 22.9 Å². The number of carbonyl (C=O) groups is 1. The number of alkyl carbamates (subject to hydrolysis) is 1. The van der Waals surface area contributed by atoms with Crippen LogP contribution in [0.25, 0.3) is 0 Å². The highest BCUT2D eigenvalue weighted by molar-refractivity contribution is 7.89. The fraction of sp³-hybridized carbons (Fsp3) is 0.308. The maximum absolute atomic E-state index is 12.1. The topological polar surface area (TPSA) is 128 Å². The minimum absolute atomic E-state index is 0.0100. The van der Waals surface area contributed by atoms with Crippen LogP contribution in [0, 0.1) is 10.1 Å². The van der Waals surface area contributed by atoms with Crippen LogP contribution in [0.1, 0.15) is 6.42 Å². The first-order valence-electron chi connectivity index (χ1n) is 6.63. The second-order valence-electron chi connectivity index (χ2n) is 4.29. The average Bonchev–Trinajstić information content (AvgIpc) is 2.52. The Morgan fingerprint density at radius 3 is 2.70 bits per heavy atom. The zero-order valence-corrected chi connectivity index (χ0v) is 13.0. The minimum atomic E-state index is -4.00. The molecule has 0 aliphatic carbocycles. The van der Waals surface area contributed by atoms with E-state index in [0.29, 0.717) is 6.42 Å². The highest BCUT2D eigenvalue weighted by Crippen LogP contribution is 2.22. The highest BCUT2D eigenvalue weighted by Gasteiger charge is 2.24. The lowest BCUT2D eigenvalue weighted by Crippen LogP contribution is -2.30. The van der Waals surface area contributed by atoms with E-state index >= 15 is 0 Å². The van der Waals surface area contributed by atoms with Crippen LogP contribution in [0.4, 0.5) is 10.5 Å². The monoisotopic (exact) mass is 343 g/mol. The number of benzene rings is 1. The number of sulfonamides is 1. The summed E-state index contributed by atoms with van der Waals surface area (Å²) in [5.41, 5.74) is -0.494. The first-order valence-corrected chi connectivity index (χ1v) is 8.11. The van der Waals surface area contributed by atoms with E-state index in [1.54, 1.807) is 0 Å². The molecule has 10 heteroatoms. The van der Waals surface area contributed by atoms with E-state index in [-0.39, 0.29) is 19.7 Å². The van der Waals surface area contributed by atoms with Gasteiger partial charge in [0.2, 0.25) is 10.0 Å². The number of nitro benzene ring substituents is 1. The largest absolute Gasteiger partial charge is 0.445 e. The predicted octanol–water partition coefficient (Wildman–Crippen LogP) is 1.18. The standard InChI is InChI=1S/C13H17N3O6S/c1-2-10-22-13(17)14-8-5-9-15-23(20,21)12-7-4-3-6-11(12)16(18)19/h2-4,6-7,15H,1,5,8-10H2,(H,14,17). The van der Waals surface area contributed by atoms with Gasteiger partial charge in [-0.25, -0.2) is 17.9 Å². The lowest BCUT2D eigenvalue weighted by Gasteiger charge is -2.08. The molecule has 0 saturated heterocycles. The second kappa shape index (κ2) is 8.86. The summed E-state index contributed by atoms with van der Waals surface area (Å²) in [6.45, 7) is 3.67. The summed E-state index contributed by atoms with van der Waals surface area (Å²) in [5.74, 6) is 0. The van der Waals surface area contributed by atoms with E-state index < -0.39 is 31.6 Å². The Kier molecular flexibility index (Phi) is 7.16. The number of amides is 1. The van der Waals surface area contributed by atoms with Crippen LogP contribution in [0.3, 0.4) is 0 Å². The van der Waals surface area contributed by atoms with E-state index in [1.165, 1.54) is 18.2 Å². The number of nitrogens with zero attached hydrogens (tertiary/aromatic N) is 1. The Bertz CT molecular complexity index is 674. The van der Waals surface area contributed by atoms with Crippen molar-refractivity contribution in [3.63, 3.8) is 0 Å². The Hall–Kier alpha value is -2.46. The maximum atomic E-state index is 12.1. The van der Waals surface area contributed by atoms with Crippen molar-refractivity contribution in [3.05, 3.63) is 47.0 Å². The molecule has 0 bridgehead atoms. The molecule has 1 aromatic carbocycles. The van der Waals surface area contributed by atoms with Crippen molar-refractivity contribution in [2.75, 3.05) is 19.7 Å². The number of rotatable bonds is 9. The molecule has 9 nitrogen and oxygen atoms in total. The molecule has 0 unspecified atom stereocenters. The van der Waals surface area contributed by atoms with Gasteiger partial charge in [-0.3, -0.25) is 10.1 Å². The van der Waals surface area contributed by atoms with E-state index in [9.17, 15) is 23.3 Å². The molecule has 0 aliphatic rings. The smallest absolute Gasteiger partial charge is 0.407 e. The van der Waals surface area contributed by atoms with Crippen LogP contribution in [-0.4, -0.2) is 39.1 Å². The minimum Gasteiger partial charge on any atom is -0.445 e. The van der Waals surface area contributed by atoms with Crippen LogP contribution in [-0.2, 0) is 14.8 Å². The van der Waals surface area contributed by atoms with E-state index in [2.05, 4.69) is 21.4 Å². The second-order valence-corrected chi connectivity index (χ2v) is 6.03. The Balaban J connectivity index is 2.50. The van der Waals surface area contributed by atoms with Crippen LogP contribution < -0.4 is 10.0 Å². The van der Waals surface area contributed by atoms with E-state index in [1.807, 2.05) is 0 Å². The van der Waals surface area contributed by atoms with Crippen LogP contribution in [0.15, 0.2) is 41.8 Å². The lowest BCUT2D eigenvalue weighted by atomic mass is 10.3. The van der Waals surface area contributed by atoms with Gasteiger partial charge in [0, 0.05) is 19.2 Å². The van der Waals surface area contributed by atoms with Crippen molar-refractivity contribution in [2.24, 2.45) is 0 Å². The number of ether oxygens (including phenoxy) is 1. The third-order valence-corrected chi connectivity index (χ3v) is 4.11. The molecule has 2 N–H and O–H groups in total. The molecule has 0 atom stereocenters. The molecule has 1 amide bonds. The average molecular weight is 343 g/mol. The van der Waals surface area contributed by atoms with Gasteiger partial charge in [-0.05, 0) is 12.5 Å². The maximum Gasteiger partial charge on any atom is 0.407 e. The number of nitrogens with one attached hydrogen (secondary N) is 2. The number of hydrogen-bond donors (Lipinski definition) is 2. The summed E-state index contributed by atoms with van der Waals surface area (Å²) in [6, 6.07) is 5.06. The van der Waals surface area contributed by atoms with Gasteiger partial charge in [-0.15, -0.1) is 0 Å². The molecule has 0 heterocycles. The van der Waals surface area contributed by atoms with Gasteiger partial charge in [-0.2, -0.15) is 0 Å². The molecule has 0 aliphatic heterocycles. The van der Waals surface area contributed by atoms with Gasteiger partial charge in [-0.1, -0.05) is 24.8 Å². The summed E-state index contributed by atoms with van der Waals surface area (Å²) >= 11 is 0. The zero-order valence-electron chi connectivity index (χ0n) is 12.2. The van der Waals surface area contributed by atoms with Crippen molar-refractivity contribution in [3.8, 4) is 0 Å². The molecule has 0 radical (unpaired) electrons. The van der Waals surface area contributed by atoms with Gasteiger partial charge in [0.15, 0.2) is 4.90 Å².